The Hall–Kier alpha value is -0.450. The Labute approximate surface area is 253 Å². The maximum Gasteiger partial charge on any atom is 0.338 e. The number of rotatable bonds is 1. The van der Waals surface area contributed by atoms with Crippen molar-refractivity contribution < 1.29 is 30.0 Å². The van der Waals surface area contributed by atoms with E-state index in [-0.39, 0.29) is 16.0 Å². The van der Waals surface area contributed by atoms with Gasteiger partial charge in [0.15, 0.2) is 0 Å². The van der Waals surface area contributed by atoms with E-state index < -0.39 is 22.0 Å². The predicted octanol–water partition coefficient (Wildman–Crippen LogP) is 6.82. The number of carbonyl (C=O) groups is 1. The van der Waals surface area contributed by atoms with Gasteiger partial charge >= 0.3 is 5.97 Å². The van der Waals surface area contributed by atoms with E-state index in [9.17, 15) is 15.0 Å². The Balaban J connectivity index is 0.00000172. The lowest BCUT2D eigenvalue weighted by Crippen LogP contribution is -2.41. The van der Waals surface area contributed by atoms with Crippen molar-refractivity contribution in [2.45, 2.75) is 105 Å². The lowest BCUT2D eigenvalue weighted by atomic mass is 9.66. The number of cyclic esters (lactones) is 1. The molecule has 218 valence electrons. The van der Waals surface area contributed by atoms with Gasteiger partial charge in [0.1, 0.15) is 11.9 Å². The molecule has 2 aliphatic rings. The molecular weight excluding hydrogens is 684 g/mol. The SMILES string of the molecule is CC1=C2Cc3cc(ccc3O)C(=O)O[C@H](C(C)(C)Br)CC[C@](C)(O)[C@H](Br)CC[C@]2(C)[C@@H](Br)CC1.CO.CO. The fourth-order valence-corrected chi connectivity index (χ4v) is 6.77. The topological polar surface area (TPSA) is 107 Å². The molecule has 3 rings (SSSR count). The van der Waals surface area contributed by atoms with Crippen LogP contribution in [0.3, 0.4) is 0 Å². The summed E-state index contributed by atoms with van der Waals surface area (Å²) < 4.78 is 5.49. The molecule has 5 atom stereocenters. The van der Waals surface area contributed by atoms with Crippen LogP contribution in [-0.4, -0.2) is 66.3 Å². The monoisotopic (exact) mass is 726 g/mol. The Morgan fingerprint density at radius 3 is 2.18 bits per heavy atom. The first-order valence-electron chi connectivity index (χ1n) is 13.0. The number of hydrogen-bond acceptors (Lipinski definition) is 6. The molecule has 9 heteroatoms. The Morgan fingerprint density at radius 1 is 1.00 bits per heavy atom. The van der Waals surface area contributed by atoms with Crippen molar-refractivity contribution >= 4 is 53.8 Å². The van der Waals surface area contributed by atoms with Crippen LogP contribution in [-0.2, 0) is 11.2 Å². The molecule has 4 N–H and O–H groups in total. The second-order valence-electron chi connectivity index (χ2n) is 11.1. The molecule has 1 aliphatic heterocycles. The molecule has 2 bridgehead atoms. The Morgan fingerprint density at radius 2 is 1.61 bits per heavy atom. The second kappa shape index (κ2) is 15.0. The van der Waals surface area contributed by atoms with Crippen LogP contribution in [0.2, 0.25) is 0 Å². The molecule has 6 nitrogen and oxygen atoms in total. The summed E-state index contributed by atoms with van der Waals surface area (Å²) in [5.74, 6) is -0.224. The number of fused-ring (bicyclic) bond motifs is 3. The first-order chi connectivity index (χ1) is 17.6. The zero-order valence-electron chi connectivity index (χ0n) is 23.7. The number of phenols is 1. The minimum absolute atomic E-state index is 0.102. The summed E-state index contributed by atoms with van der Waals surface area (Å²) in [4.78, 5) is 13.4. The van der Waals surface area contributed by atoms with Crippen LogP contribution in [0, 0.1) is 5.41 Å². The van der Waals surface area contributed by atoms with Gasteiger partial charge in [-0.05, 0) is 96.4 Å². The number of carbonyl (C=O) groups excluding carboxylic acids is 1. The third-order valence-corrected chi connectivity index (χ3v) is 11.3. The summed E-state index contributed by atoms with van der Waals surface area (Å²) in [6.45, 7) is 10.3. The fraction of sp³-hybridized carbons (Fsp3) is 0.690. The highest BCUT2D eigenvalue weighted by Crippen LogP contribution is 2.50. The normalized spacial score (nSPS) is 30.8. The maximum atomic E-state index is 13.2. The molecule has 0 amide bonds. The van der Waals surface area contributed by atoms with Crippen molar-refractivity contribution in [1.82, 2.24) is 0 Å². The van der Waals surface area contributed by atoms with Crippen LogP contribution in [0.1, 0.15) is 89.1 Å². The van der Waals surface area contributed by atoms with Gasteiger partial charge in [0, 0.05) is 29.3 Å². The average molecular weight is 729 g/mol. The van der Waals surface area contributed by atoms with Gasteiger partial charge in [0.2, 0.25) is 0 Å². The van der Waals surface area contributed by atoms with Gasteiger partial charge in [0.25, 0.3) is 0 Å². The minimum atomic E-state index is -0.954. The molecule has 1 aromatic rings. The van der Waals surface area contributed by atoms with Crippen LogP contribution in [0.15, 0.2) is 29.3 Å². The lowest BCUT2D eigenvalue weighted by Gasteiger charge is -2.43. The quantitative estimate of drug-likeness (QED) is 0.144. The molecule has 1 heterocycles. The molecule has 0 saturated heterocycles. The van der Waals surface area contributed by atoms with E-state index in [0.29, 0.717) is 29.7 Å². The summed E-state index contributed by atoms with van der Waals surface area (Å²) in [6.07, 6.45) is 4.91. The molecule has 0 aromatic heterocycles. The van der Waals surface area contributed by atoms with Gasteiger partial charge in [-0.2, -0.15) is 0 Å². The third kappa shape index (κ3) is 8.77. The van der Waals surface area contributed by atoms with Crippen LogP contribution in [0.4, 0.5) is 0 Å². The third-order valence-electron chi connectivity index (χ3n) is 7.87. The summed E-state index contributed by atoms with van der Waals surface area (Å²) >= 11 is 11.4. The molecule has 0 spiro atoms. The number of ether oxygens (including phenoxy) is 1. The highest BCUT2D eigenvalue weighted by Gasteiger charge is 2.42. The van der Waals surface area contributed by atoms with Gasteiger partial charge in [-0.25, -0.2) is 4.79 Å². The fourth-order valence-electron chi connectivity index (χ4n) is 5.25. The summed E-state index contributed by atoms with van der Waals surface area (Å²) in [7, 11) is 2.00. The summed E-state index contributed by atoms with van der Waals surface area (Å²) in [6, 6.07) is 4.99. The largest absolute Gasteiger partial charge is 0.508 e. The predicted molar refractivity (Wildman–Crippen MR) is 165 cm³/mol. The van der Waals surface area contributed by atoms with Crippen molar-refractivity contribution in [2.24, 2.45) is 5.41 Å². The van der Waals surface area contributed by atoms with Crippen LogP contribution < -0.4 is 0 Å². The number of hydrogen-bond donors (Lipinski definition) is 4. The molecular formula is C29H45Br3O6. The number of phenolic OH excluding ortho intramolecular Hbond substituents is 1. The van der Waals surface area contributed by atoms with Crippen molar-refractivity contribution in [3.63, 3.8) is 0 Å². The van der Waals surface area contributed by atoms with E-state index in [1.54, 1.807) is 18.2 Å². The van der Waals surface area contributed by atoms with Gasteiger partial charge < -0.3 is 25.2 Å². The molecule has 38 heavy (non-hydrogen) atoms. The van der Waals surface area contributed by atoms with E-state index in [0.717, 1.165) is 45.5 Å². The average Bonchev–Trinajstić information content (AvgIpc) is 2.87. The highest BCUT2D eigenvalue weighted by molar-refractivity contribution is 9.10. The van der Waals surface area contributed by atoms with Gasteiger partial charge in [0.05, 0.1) is 15.5 Å². The van der Waals surface area contributed by atoms with Crippen LogP contribution >= 0.6 is 47.8 Å². The first kappa shape index (κ1) is 35.6. The van der Waals surface area contributed by atoms with Gasteiger partial charge in [-0.3, -0.25) is 0 Å². The van der Waals surface area contributed by atoms with Crippen molar-refractivity contribution in [3.05, 3.63) is 40.5 Å². The molecule has 1 aliphatic carbocycles. The second-order valence-corrected chi connectivity index (χ2v) is 15.3. The highest BCUT2D eigenvalue weighted by atomic mass is 79.9. The Bertz CT molecular complexity index is 956. The number of halogens is 3. The van der Waals surface area contributed by atoms with Crippen molar-refractivity contribution in [2.75, 3.05) is 14.2 Å². The number of aromatic hydroxyl groups is 1. The number of benzene rings is 1. The van der Waals surface area contributed by atoms with E-state index in [2.05, 4.69) is 61.6 Å². The van der Waals surface area contributed by atoms with Gasteiger partial charge in [-0.15, -0.1) is 0 Å². The smallest absolute Gasteiger partial charge is 0.338 e. The zero-order valence-corrected chi connectivity index (χ0v) is 28.4. The summed E-state index contributed by atoms with van der Waals surface area (Å²) in [5.41, 5.74) is 2.73. The number of alkyl halides is 3. The molecule has 0 unspecified atom stereocenters. The minimum Gasteiger partial charge on any atom is -0.508 e. The van der Waals surface area contributed by atoms with Gasteiger partial charge in [-0.1, -0.05) is 65.9 Å². The molecule has 0 radical (unpaired) electrons. The lowest BCUT2D eigenvalue weighted by molar-refractivity contribution is 0.000634. The van der Waals surface area contributed by atoms with E-state index in [1.165, 1.54) is 11.1 Å². The van der Waals surface area contributed by atoms with E-state index in [1.807, 2.05) is 20.8 Å². The number of esters is 1. The molecule has 0 saturated carbocycles. The first-order valence-corrected chi connectivity index (χ1v) is 15.6. The maximum absolute atomic E-state index is 13.2. The number of aliphatic hydroxyl groups excluding tert-OH is 2. The van der Waals surface area contributed by atoms with E-state index in [4.69, 9.17) is 14.9 Å². The number of allylic oxidation sites excluding steroid dienone is 2. The Kier molecular flexibility index (Phi) is 14.0. The van der Waals surface area contributed by atoms with Crippen LogP contribution in [0.5, 0.6) is 5.75 Å². The van der Waals surface area contributed by atoms with Crippen molar-refractivity contribution in [3.8, 4) is 5.75 Å². The molecule has 0 fully saturated rings. The number of aliphatic hydroxyl groups is 3. The van der Waals surface area contributed by atoms with E-state index >= 15 is 0 Å². The van der Waals surface area contributed by atoms with Crippen LogP contribution in [0.25, 0.3) is 0 Å². The standard InChI is InChI=1S/C27H37Br3O4.2CH4O/c1-16-6-9-21(28)26(4)12-10-22(29)27(5,33)13-11-23(25(2,3)30)34-24(32)17-7-8-20(31)18(14-17)15-19(16)26;2*1-2/h7-8,14,21-23,31,33H,6,9-13,15H2,1-5H3;2*2H,1H3/t21-,22+,23-,26-,27-;;/m0../s1. The van der Waals surface area contributed by atoms with Crippen molar-refractivity contribution in [1.29, 1.82) is 0 Å². The summed E-state index contributed by atoms with van der Waals surface area (Å²) in [5, 5.41) is 36.0. The molecule has 1 aromatic carbocycles. The zero-order chi connectivity index (χ0) is 29.5.